The van der Waals surface area contributed by atoms with Crippen molar-refractivity contribution in [2.24, 2.45) is 0 Å². The zero-order valence-corrected chi connectivity index (χ0v) is 22.5. The summed E-state index contributed by atoms with van der Waals surface area (Å²) in [5.41, 5.74) is 1.32. The first-order valence-corrected chi connectivity index (χ1v) is 13.5. The molecule has 0 N–H and O–H groups in total. The average Bonchev–Trinajstić information content (AvgIpc) is 2.88. The lowest BCUT2D eigenvalue weighted by Gasteiger charge is -2.17. The lowest BCUT2D eigenvalue weighted by molar-refractivity contribution is 0.382. The monoisotopic (exact) mass is 502 g/mol. The zero-order valence-electron chi connectivity index (χ0n) is 21.7. The summed E-state index contributed by atoms with van der Waals surface area (Å²) in [5, 5.41) is 0. The normalized spacial score (nSPS) is 11.8. The Morgan fingerprint density at radius 2 is 1.00 bits per heavy atom. The second-order valence-electron chi connectivity index (χ2n) is 8.08. The van der Waals surface area contributed by atoms with E-state index in [9.17, 15) is 8.42 Å². The summed E-state index contributed by atoms with van der Waals surface area (Å²) in [5.74, 6) is 1.47. The molecule has 0 aromatic heterocycles. The molecule has 0 amide bonds. The number of methoxy groups -OCH3 is 4. The van der Waals surface area contributed by atoms with Gasteiger partial charge in [-0.25, -0.2) is 8.42 Å². The molecule has 6 nitrogen and oxygen atoms in total. The van der Waals surface area contributed by atoms with Crippen LogP contribution in [0.25, 0.3) is 12.2 Å². The van der Waals surface area contributed by atoms with Crippen LogP contribution in [0.5, 0.6) is 23.0 Å². The molecule has 192 valence electrons. The van der Waals surface area contributed by atoms with E-state index < -0.39 is 9.84 Å². The number of rotatable bonds is 14. The highest BCUT2D eigenvalue weighted by molar-refractivity contribution is 7.91. The van der Waals surface area contributed by atoms with E-state index >= 15 is 0 Å². The predicted octanol–water partition coefficient (Wildman–Crippen LogP) is 6.96. The number of ether oxygens (including phenoxy) is 4. The van der Waals surface area contributed by atoms with Crippen LogP contribution >= 0.6 is 0 Å². The number of hydrogen-bond acceptors (Lipinski definition) is 6. The summed E-state index contributed by atoms with van der Waals surface area (Å²) in [6.07, 6.45) is 13.9. The van der Waals surface area contributed by atoms with Crippen LogP contribution < -0.4 is 18.9 Å². The highest BCUT2D eigenvalue weighted by atomic mass is 32.2. The van der Waals surface area contributed by atoms with E-state index in [2.05, 4.69) is 13.8 Å². The average molecular weight is 503 g/mol. The van der Waals surface area contributed by atoms with Crippen LogP contribution in [0.15, 0.2) is 46.2 Å². The molecule has 0 fully saturated rings. The molecular weight excluding hydrogens is 464 g/mol. The summed E-state index contributed by atoms with van der Waals surface area (Å²) in [6, 6.07) is 6.40. The second kappa shape index (κ2) is 13.8. The van der Waals surface area contributed by atoms with Crippen LogP contribution in [0.1, 0.15) is 63.5 Å². The highest BCUT2D eigenvalue weighted by Crippen LogP contribution is 2.41. The molecule has 0 bridgehead atoms. The van der Waals surface area contributed by atoms with Gasteiger partial charge in [0.15, 0.2) is 0 Å². The summed E-state index contributed by atoms with van der Waals surface area (Å²) in [7, 11) is 1.97. The van der Waals surface area contributed by atoms with Gasteiger partial charge in [0, 0.05) is 23.3 Å². The maximum atomic E-state index is 14.0. The minimum absolute atomic E-state index is 0.0420. The highest BCUT2D eigenvalue weighted by Gasteiger charge is 2.29. The van der Waals surface area contributed by atoms with Crippen LogP contribution in [0, 0.1) is 0 Å². The van der Waals surface area contributed by atoms with Crippen LogP contribution in [0.3, 0.4) is 0 Å². The molecule has 0 aliphatic rings. The van der Waals surface area contributed by atoms with E-state index in [0.717, 1.165) is 38.5 Å². The van der Waals surface area contributed by atoms with Gasteiger partial charge in [-0.3, -0.25) is 0 Å². The van der Waals surface area contributed by atoms with Crippen molar-refractivity contribution in [2.75, 3.05) is 28.4 Å². The van der Waals surface area contributed by atoms with Crippen LogP contribution in [-0.2, 0) is 9.84 Å². The van der Waals surface area contributed by atoms with Crippen molar-refractivity contribution in [1.82, 2.24) is 0 Å². The molecule has 0 aliphatic carbocycles. The molecule has 0 heterocycles. The fourth-order valence-corrected chi connectivity index (χ4v) is 5.27. The third kappa shape index (κ3) is 7.04. The van der Waals surface area contributed by atoms with Crippen LogP contribution in [0.2, 0.25) is 0 Å². The van der Waals surface area contributed by atoms with E-state index in [1.165, 1.54) is 14.2 Å². The van der Waals surface area contributed by atoms with Gasteiger partial charge in [-0.15, -0.1) is 0 Å². The second-order valence-corrected chi connectivity index (χ2v) is 9.97. The van der Waals surface area contributed by atoms with E-state index in [1.54, 1.807) is 38.5 Å². The van der Waals surface area contributed by atoms with Gasteiger partial charge in [-0.05, 0) is 25.0 Å². The minimum Gasteiger partial charge on any atom is -0.496 e. The Balaban J connectivity index is 2.69. The lowest BCUT2D eigenvalue weighted by atomic mass is 10.1. The molecule has 0 atom stereocenters. The van der Waals surface area contributed by atoms with E-state index in [0.29, 0.717) is 22.6 Å². The summed E-state index contributed by atoms with van der Waals surface area (Å²) < 4.78 is 49.9. The fraction of sp³-hybridized carbons (Fsp3) is 0.429. The first-order chi connectivity index (χ1) is 16.9. The number of unbranched alkanes of at least 4 members (excludes halogenated alkanes) is 4. The van der Waals surface area contributed by atoms with Crippen molar-refractivity contribution in [1.29, 1.82) is 0 Å². The van der Waals surface area contributed by atoms with Gasteiger partial charge in [0.1, 0.15) is 32.8 Å². The molecular formula is C28H38O6S. The molecule has 2 aromatic rings. The maximum Gasteiger partial charge on any atom is 0.213 e. The zero-order chi connectivity index (χ0) is 25.8. The summed E-state index contributed by atoms with van der Waals surface area (Å²) >= 11 is 0. The lowest BCUT2D eigenvalue weighted by Crippen LogP contribution is -2.08. The van der Waals surface area contributed by atoms with Gasteiger partial charge in [0.05, 0.1) is 28.4 Å². The third-order valence-corrected chi connectivity index (χ3v) is 7.45. The fourth-order valence-electron chi connectivity index (χ4n) is 3.65. The maximum absolute atomic E-state index is 14.0. The summed E-state index contributed by atoms with van der Waals surface area (Å²) in [4.78, 5) is 0.0839. The number of benzene rings is 2. The van der Waals surface area contributed by atoms with E-state index in [1.807, 2.05) is 24.3 Å². The van der Waals surface area contributed by atoms with Crippen molar-refractivity contribution in [2.45, 2.75) is 62.2 Å². The SMILES string of the molecule is CCCCC=Cc1cc(S(=O)(=O)c2cc(C=CCCCC)c(OC)cc2OC)c(OC)cc1OC. The molecule has 0 unspecified atom stereocenters. The Kier molecular flexibility index (Phi) is 11.2. The van der Waals surface area contributed by atoms with Crippen molar-refractivity contribution < 1.29 is 27.4 Å². The number of allylic oxidation sites excluding steroid dienone is 2. The van der Waals surface area contributed by atoms with Crippen LogP contribution in [-0.4, -0.2) is 36.9 Å². The molecule has 35 heavy (non-hydrogen) atoms. The predicted molar refractivity (Wildman–Crippen MR) is 142 cm³/mol. The van der Waals surface area contributed by atoms with Crippen molar-refractivity contribution in [3.8, 4) is 23.0 Å². The largest absolute Gasteiger partial charge is 0.496 e. The molecule has 0 saturated carbocycles. The molecule has 2 aromatic carbocycles. The molecule has 0 radical (unpaired) electrons. The van der Waals surface area contributed by atoms with Gasteiger partial charge in [0.2, 0.25) is 9.84 Å². The minimum atomic E-state index is -4.02. The first-order valence-electron chi connectivity index (χ1n) is 12.0. The molecule has 2 rings (SSSR count). The molecule has 7 heteroatoms. The smallest absolute Gasteiger partial charge is 0.213 e. The van der Waals surface area contributed by atoms with Gasteiger partial charge >= 0.3 is 0 Å². The van der Waals surface area contributed by atoms with Gasteiger partial charge < -0.3 is 18.9 Å². The van der Waals surface area contributed by atoms with Crippen molar-refractivity contribution in [3.63, 3.8) is 0 Å². The topological polar surface area (TPSA) is 71.1 Å². The molecule has 0 spiro atoms. The standard InChI is InChI=1S/C28H38O6S/c1-7-9-11-13-15-21-17-27(25(33-5)19-23(21)31-3)35(29,30)28-18-22(16-14-12-10-8-2)24(32-4)20-26(28)34-6/h13-20H,7-12H2,1-6H3. The van der Waals surface area contributed by atoms with E-state index in [-0.39, 0.29) is 21.3 Å². The Labute approximate surface area is 210 Å². The van der Waals surface area contributed by atoms with Crippen molar-refractivity contribution in [3.05, 3.63) is 47.5 Å². The third-order valence-electron chi connectivity index (χ3n) is 5.65. The first kappa shape index (κ1) is 28.3. The molecule has 0 saturated heterocycles. The van der Waals surface area contributed by atoms with Gasteiger partial charge in [-0.2, -0.15) is 0 Å². The van der Waals surface area contributed by atoms with Crippen molar-refractivity contribution >= 4 is 22.0 Å². The number of hydrogen-bond donors (Lipinski definition) is 0. The summed E-state index contributed by atoms with van der Waals surface area (Å²) in [6.45, 7) is 4.25. The Morgan fingerprint density at radius 3 is 1.31 bits per heavy atom. The quantitative estimate of drug-likeness (QED) is 0.260. The van der Waals surface area contributed by atoms with E-state index in [4.69, 9.17) is 18.9 Å². The van der Waals surface area contributed by atoms with Crippen LogP contribution in [0.4, 0.5) is 0 Å². The number of sulfone groups is 1. The molecule has 0 aliphatic heterocycles. The van der Waals surface area contributed by atoms with Gasteiger partial charge in [-0.1, -0.05) is 63.8 Å². The Hall–Kier alpha value is -2.93. The van der Waals surface area contributed by atoms with Gasteiger partial charge in [0.25, 0.3) is 0 Å². The Bertz CT molecular complexity index is 1050. The Morgan fingerprint density at radius 1 is 0.629 bits per heavy atom.